The number of nitrogens with one attached hydrogen (secondary N) is 1. The highest BCUT2D eigenvalue weighted by Gasteiger charge is 2.21. The first-order chi connectivity index (χ1) is 14.8. The third-order valence-corrected chi connectivity index (χ3v) is 5.27. The van der Waals surface area contributed by atoms with E-state index < -0.39 is 4.92 Å². The Morgan fingerprint density at radius 1 is 0.968 bits per heavy atom. The van der Waals surface area contributed by atoms with Crippen molar-refractivity contribution in [3.8, 4) is 0 Å². The largest absolute Gasteiger partial charge is 0.328 e. The summed E-state index contributed by atoms with van der Waals surface area (Å²) in [6, 6.07) is 11.2. The van der Waals surface area contributed by atoms with Crippen LogP contribution in [-0.2, 0) is 4.79 Å². The predicted octanol–water partition coefficient (Wildman–Crippen LogP) is 3.63. The Morgan fingerprint density at radius 3 is 2.06 bits per heavy atom. The monoisotopic (exact) mass is 426 g/mol. The topological polar surface area (TPSA) is 95.8 Å². The smallest absolute Gasteiger partial charge is 0.269 e. The molecule has 0 aliphatic carbocycles. The summed E-state index contributed by atoms with van der Waals surface area (Å²) in [6.07, 6.45) is 0. The number of anilines is 1. The van der Waals surface area contributed by atoms with Gasteiger partial charge in [0.25, 0.3) is 11.6 Å². The number of nitro groups is 1. The van der Waals surface area contributed by atoms with Crippen molar-refractivity contribution in [2.24, 2.45) is 0 Å². The molecule has 0 bridgehead atoms. The second-order valence-electron chi connectivity index (χ2n) is 7.37. The minimum absolute atomic E-state index is 0.0842. The molecule has 31 heavy (non-hydrogen) atoms. The van der Waals surface area contributed by atoms with E-state index in [0.717, 1.165) is 29.9 Å². The van der Waals surface area contributed by atoms with E-state index in [-0.39, 0.29) is 24.0 Å². The molecule has 0 fully saturated rings. The number of carbonyl (C=O) groups excluding carboxylic acids is 2. The number of hydrogen-bond donors (Lipinski definition) is 1. The molecule has 0 saturated carbocycles. The number of benzene rings is 2. The second-order valence-corrected chi connectivity index (χ2v) is 7.37. The summed E-state index contributed by atoms with van der Waals surface area (Å²) in [5.74, 6) is -0.620. The molecule has 8 nitrogen and oxygen atoms in total. The Bertz CT molecular complexity index is 903. The third kappa shape index (κ3) is 6.62. The highest BCUT2D eigenvalue weighted by molar-refractivity contribution is 6.00. The first kappa shape index (κ1) is 24.0. The SMILES string of the molecule is CCN(CC)CCN(CC(=O)Nc1c(C)cccc1C)C(=O)c1ccc([N+](=O)[O-])cc1. The molecule has 0 aromatic heterocycles. The number of likely N-dealkylation sites (N-methyl/N-ethyl adjacent to an activating group) is 1. The zero-order chi connectivity index (χ0) is 23.0. The van der Waals surface area contributed by atoms with E-state index in [9.17, 15) is 19.7 Å². The van der Waals surface area contributed by atoms with E-state index >= 15 is 0 Å². The number of amides is 2. The summed E-state index contributed by atoms with van der Waals surface area (Å²) in [4.78, 5) is 39.9. The number of non-ortho nitro benzene ring substituents is 1. The van der Waals surface area contributed by atoms with Gasteiger partial charge in [0.05, 0.1) is 4.92 Å². The number of carbonyl (C=O) groups is 2. The second kappa shape index (κ2) is 11.2. The van der Waals surface area contributed by atoms with E-state index in [1.54, 1.807) is 0 Å². The average molecular weight is 427 g/mol. The fraction of sp³-hybridized carbons (Fsp3) is 0.391. The predicted molar refractivity (Wildman–Crippen MR) is 121 cm³/mol. The van der Waals surface area contributed by atoms with Crippen molar-refractivity contribution in [2.75, 3.05) is 38.0 Å². The van der Waals surface area contributed by atoms with Crippen LogP contribution < -0.4 is 5.32 Å². The molecule has 166 valence electrons. The zero-order valence-corrected chi connectivity index (χ0v) is 18.6. The Balaban J connectivity index is 2.19. The zero-order valence-electron chi connectivity index (χ0n) is 18.6. The highest BCUT2D eigenvalue weighted by atomic mass is 16.6. The molecule has 1 N–H and O–H groups in total. The first-order valence-corrected chi connectivity index (χ1v) is 10.4. The van der Waals surface area contributed by atoms with Crippen LogP contribution in [0.4, 0.5) is 11.4 Å². The van der Waals surface area contributed by atoms with Gasteiger partial charge in [0.1, 0.15) is 6.54 Å². The number of rotatable bonds is 10. The minimum atomic E-state index is -0.510. The van der Waals surface area contributed by atoms with Gasteiger partial charge in [-0.15, -0.1) is 0 Å². The fourth-order valence-electron chi connectivity index (χ4n) is 3.33. The molecule has 0 saturated heterocycles. The number of nitrogens with zero attached hydrogens (tertiary/aromatic N) is 3. The Labute approximate surface area is 183 Å². The molecule has 2 aromatic carbocycles. The number of nitro benzene ring substituents is 1. The number of hydrogen-bond acceptors (Lipinski definition) is 5. The molecule has 0 unspecified atom stereocenters. The normalized spacial score (nSPS) is 10.7. The Hall–Kier alpha value is -3.26. The van der Waals surface area contributed by atoms with Crippen molar-refractivity contribution >= 4 is 23.2 Å². The molecule has 2 aromatic rings. The van der Waals surface area contributed by atoms with E-state index in [1.165, 1.54) is 29.2 Å². The molecule has 0 radical (unpaired) electrons. The van der Waals surface area contributed by atoms with Crippen LogP contribution in [0.25, 0.3) is 0 Å². The standard InChI is InChI=1S/C23H30N4O4/c1-5-25(6-2)14-15-26(23(29)19-10-12-20(13-11-19)27(30)31)16-21(28)24-22-17(3)8-7-9-18(22)4/h7-13H,5-6,14-16H2,1-4H3,(H,24,28). The van der Waals surface area contributed by atoms with Crippen LogP contribution in [0, 0.1) is 24.0 Å². The van der Waals surface area contributed by atoms with Gasteiger partial charge in [-0.1, -0.05) is 32.0 Å². The minimum Gasteiger partial charge on any atom is -0.328 e. The highest BCUT2D eigenvalue weighted by Crippen LogP contribution is 2.19. The van der Waals surface area contributed by atoms with Gasteiger partial charge in [-0.05, 0) is 50.2 Å². The van der Waals surface area contributed by atoms with Gasteiger partial charge in [-0.25, -0.2) is 0 Å². The molecular formula is C23H30N4O4. The lowest BCUT2D eigenvalue weighted by Crippen LogP contribution is -2.42. The van der Waals surface area contributed by atoms with Crippen molar-refractivity contribution in [2.45, 2.75) is 27.7 Å². The van der Waals surface area contributed by atoms with Crippen LogP contribution in [-0.4, -0.2) is 59.3 Å². The lowest BCUT2D eigenvalue weighted by molar-refractivity contribution is -0.384. The molecule has 2 amide bonds. The molecule has 0 heterocycles. The van der Waals surface area contributed by atoms with Crippen molar-refractivity contribution in [1.82, 2.24) is 9.80 Å². The van der Waals surface area contributed by atoms with E-state index in [4.69, 9.17) is 0 Å². The van der Waals surface area contributed by atoms with Gasteiger partial charge < -0.3 is 15.1 Å². The van der Waals surface area contributed by atoms with Gasteiger partial charge in [0.15, 0.2) is 0 Å². The van der Waals surface area contributed by atoms with Crippen LogP contribution in [0.2, 0.25) is 0 Å². The van der Waals surface area contributed by atoms with E-state index in [0.29, 0.717) is 18.7 Å². The van der Waals surface area contributed by atoms with Gasteiger partial charge in [-0.2, -0.15) is 0 Å². The maximum Gasteiger partial charge on any atom is 0.269 e. The average Bonchev–Trinajstić information content (AvgIpc) is 2.75. The molecule has 0 atom stereocenters. The quantitative estimate of drug-likeness (QED) is 0.462. The number of aryl methyl sites for hydroxylation is 2. The van der Waals surface area contributed by atoms with Gasteiger partial charge in [-0.3, -0.25) is 19.7 Å². The summed E-state index contributed by atoms with van der Waals surface area (Å²) in [6.45, 7) is 10.5. The molecule has 8 heteroatoms. The first-order valence-electron chi connectivity index (χ1n) is 10.4. The third-order valence-electron chi connectivity index (χ3n) is 5.27. The van der Waals surface area contributed by atoms with Crippen molar-refractivity contribution in [1.29, 1.82) is 0 Å². The maximum atomic E-state index is 13.1. The maximum absolute atomic E-state index is 13.1. The van der Waals surface area contributed by atoms with Gasteiger partial charge in [0, 0.05) is 36.5 Å². The summed E-state index contributed by atoms with van der Waals surface area (Å²) >= 11 is 0. The summed E-state index contributed by atoms with van der Waals surface area (Å²) in [5.41, 5.74) is 2.87. The van der Waals surface area contributed by atoms with Crippen molar-refractivity contribution < 1.29 is 14.5 Å². The van der Waals surface area contributed by atoms with Gasteiger partial charge in [0.2, 0.25) is 5.91 Å². The van der Waals surface area contributed by atoms with Crippen molar-refractivity contribution in [3.05, 3.63) is 69.3 Å². The summed E-state index contributed by atoms with van der Waals surface area (Å²) in [5, 5.41) is 13.8. The van der Waals surface area contributed by atoms with Crippen LogP contribution in [0.15, 0.2) is 42.5 Å². The summed E-state index contributed by atoms with van der Waals surface area (Å²) < 4.78 is 0. The van der Waals surface area contributed by atoms with Gasteiger partial charge >= 0.3 is 0 Å². The molecule has 0 aliphatic rings. The van der Waals surface area contributed by atoms with E-state index in [1.807, 2.05) is 45.9 Å². The Morgan fingerprint density at radius 2 is 1.55 bits per heavy atom. The van der Waals surface area contributed by atoms with Crippen LogP contribution in [0.5, 0.6) is 0 Å². The lowest BCUT2D eigenvalue weighted by Gasteiger charge is -2.26. The van der Waals surface area contributed by atoms with Crippen LogP contribution in [0.3, 0.4) is 0 Å². The Kier molecular flexibility index (Phi) is 8.69. The fourth-order valence-corrected chi connectivity index (χ4v) is 3.33. The number of para-hydroxylation sites is 1. The van der Waals surface area contributed by atoms with Crippen molar-refractivity contribution in [3.63, 3.8) is 0 Å². The molecular weight excluding hydrogens is 396 g/mol. The summed E-state index contributed by atoms with van der Waals surface area (Å²) in [7, 11) is 0. The molecule has 0 spiro atoms. The molecule has 0 aliphatic heterocycles. The van der Waals surface area contributed by atoms with Crippen LogP contribution >= 0.6 is 0 Å². The van der Waals surface area contributed by atoms with Crippen LogP contribution in [0.1, 0.15) is 35.3 Å². The lowest BCUT2D eigenvalue weighted by atomic mass is 10.1. The van der Waals surface area contributed by atoms with E-state index in [2.05, 4.69) is 10.2 Å². The molecule has 2 rings (SSSR count).